The van der Waals surface area contributed by atoms with Crippen molar-refractivity contribution in [2.75, 3.05) is 25.0 Å². The number of carbonyl (C=O) groups excluding carboxylic acids is 2. The Morgan fingerprint density at radius 2 is 1.59 bits per heavy atom. The molecule has 34 heavy (non-hydrogen) atoms. The number of esters is 2. The molecule has 0 radical (unpaired) electrons. The fraction of sp³-hybridized carbons (Fsp3) is 0.619. The summed E-state index contributed by atoms with van der Waals surface area (Å²) in [4.78, 5) is 49.9. The van der Waals surface area contributed by atoms with Crippen molar-refractivity contribution in [3.63, 3.8) is 0 Å². The summed E-state index contributed by atoms with van der Waals surface area (Å²) in [5.74, 6) is -2.67. The van der Waals surface area contributed by atoms with Crippen molar-refractivity contribution < 1.29 is 33.7 Å². The van der Waals surface area contributed by atoms with Crippen LogP contribution in [0.25, 0.3) is 11.2 Å². The number of rotatable bonds is 10. The first-order chi connectivity index (χ1) is 15.7. The normalized spacial score (nSPS) is 12.9. The Labute approximate surface area is 200 Å². The molecule has 0 saturated heterocycles. The Hall–Kier alpha value is -2.85. The minimum Gasteiger partial charge on any atom is -0.479 e. The number of carboxylic acid groups (broad SMARTS) is 1. The number of fused-ring (bicyclic) bond motifs is 1. The highest BCUT2D eigenvalue weighted by molar-refractivity contribution is 7.19. The molecule has 0 fully saturated rings. The Balaban J connectivity index is 2.27. The van der Waals surface area contributed by atoms with E-state index in [1.165, 1.54) is 17.6 Å². The number of carboxylic acids is 1. The number of carbonyl (C=O) groups is 3. The van der Waals surface area contributed by atoms with Gasteiger partial charge in [-0.25, -0.2) is 19.7 Å². The Bertz CT molecular complexity index is 999. The first-order valence-corrected chi connectivity index (χ1v) is 11.2. The van der Waals surface area contributed by atoms with Crippen molar-refractivity contribution in [1.82, 2.24) is 19.5 Å². The highest BCUT2D eigenvalue weighted by atomic mass is 31.0. The van der Waals surface area contributed by atoms with E-state index >= 15 is 0 Å². The average Bonchev–Trinajstić information content (AvgIpc) is 3.15. The summed E-state index contributed by atoms with van der Waals surface area (Å²) in [6, 6.07) is 0. The molecule has 2 aromatic rings. The van der Waals surface area contributed by atoms with Crippen LogP contribution in [-0.2, 0) is 35.1 Å². The van der Waals surface area contributed by atoms with Gasteiger partial charge in [-0.2, -0.15) is 0 Å². The van der Waals surface area contributed by atoms with Gasteiger partial charge in [0.1, 0.15) is 6.33 Å². The smallest absolute Gasteiger partial charge is 0.336 e. The van der Waals surface area contributed by atoms with Gasteiger partial charge in [0.15, 0.2) is 36.3 Å². The molecule has 0 saturated carbocycles. The third-order valence-electron chi connectivity index (χ3n) is 4.48. The van der Waals surface area contributed by atoms with Crippen LogP contribution >= 0.6 is 9.24 Å². The van der Waals surface area contributed by atoms with Crippen molar-refractivity contribution in [3.8, 4) is 0 Å². The molecular formula is C21H32N5O7P. The SMILES string of the molecule is CC(C)(C)C(=O)OCN(COC(=O)C(C)(C)C)c1ncnc2c1ncn2CCO[C@H](P)C(=O)O. The standard InChI is InChI=1S/C21H32N5O7P/c1-20(2,3)18(29)32-11-26(12-33-19(30)21(4,5)6)15-13-14(22-9-23-15)25(10-24-13)7-8-31-17(34)16(27)28/h9-10,17H,7-8,11-12,34H2,1-6H3,(H,27,28)/t17-/m1/s1. The fourth-order valence-corrected chi connectivity index (χ4v) is 2.61. The van der Waals surface area contributed by atoms with E-state index in [1.54, 1.807) is 46.1 Å². The second-order valence-electron chi connectivity index (χ2n) is 9.60. The van der Waals surface area contributed by atoms with Crippen molar-refractivity contribution >= 4 is 44.1 Å². The van der Waals surface area contributed by atoms with Gasteiger partial charge in [-0.3, -0.25) is 14.5 Å². The lowest BCUT2D eigenvalue weighted by atomic mass is 9.97. The maximum Gasteiger partial charge on any atom is 0.336 e. The third-order valence-corrected chi connectivity index (χ3v) is 4.96. The van der Waals surface area contributed by atoms with Crippen LogP contribution in [-0.4, -0.2) is 68.4 Å². The molecule has 188 valence electrons. The molecule has 2 rings (SSSR count). The van der Waals surface area contributed by atoms with Crippen LogP contribution in [0.1, 0.15) is 41.5 Å². The van der Waals surface area contributed by atoms with Crippen molar-refractivity contribution in [1.29, 1.82) is 0 Å². The number of aliphatic carboxylic acids is 1. The minimum absolute atomic E-state index is 0.112. The van der Waals surface area contributed by atoms with Gasteiger partial charge in [0.05, 0.1) is 23.8 Å². The summed E-state index contributed by atoms with van der Waals surface area (Å²) < 4.78 is 17.8. The van der Waals surface area contributed by atoms with E-state index < -0.39 is 34.6 Å². The molecule has 13 heteroatoms. The molecule has 0 bridgehead atoms. The average molecular weight is 497 g/mol. The third kappa shape index (κ3) is 7.33. The maximum atomic E-state index is 12.3. The van der Waals surface area contributed by atoms with Gasteiger partial charge in [0, 0.05) is 6.54 Å². The van der Waals surface area contributed by atoms with Crippen LogP contribution in [0.2, 0.25) is 0 Å². The molecule has 0 aliphatic rings. The summed E-state index contributed by atoms with van der Waals surface area (Å²) in [6.07, 6.45) is 2.84. The zero-order valence-electron chi connectivity index (χ0n) is 20.3. The molecule has 12 nitrogen and oxygen atoms in total. The monoisotopic (exact) mass is 497 g/mol. The lowest BCUT2D eigenvalue weighted by molar-refractivity contribution is -0.155. The van der Waals surface area contributed by atoms with Crippen molar-refractivity contribution in [2.24, 2.45) is 10.8 Å². The first-order valence-electron chi connectivity index (χ1n) is 10.6. The highest BCUT2D eigenvalue weighted by Crippen LogP contribution is 2.24. The van der Waals surface area contributed by atoms with Gasteiger partial charge in [0.25, 0.3) is 0 Å². The molecule has 0 aromatic carbocycles. The molecule has 0 aliphatic carbocycles. The zero-order chi connectivity index (χ0) is 25.7. The number of hydrogen-bond donors (Lipinski definition) is 1. The fourth-order valence-electron chi connectivity index (χ4n) is 2.48. The summed E-state index contributed by atoms with van der Waals surface area (Å²) in [5.41, 5.74) is -0.594. The summed E-state index contributed by atoms with van der Waals surface area (Å²) >= 11 is 0. The van der Waals surface area contributed by atoms with E-state index in [0.29, 0.717) is 23.5 Å². The minimum atomic E-state index is -1.09. The van der Waals surface area contributed by atoms with E-state index in [-0.39, 0.29) is 20.1 Å². The lowest BCUT2D eigenvalue weighted by Gasteiger charge is -2.26. The van der Waals surface area contributed by atoms with Gasteiger partial charge in [-0.1, -0.05) is 9.24 Å². The van der Waals surface area contributed by atoms with Gasteiger partial charge in [-0.05, 0) is 41.5 Å². The van der Waals surface area contributed by atoms with Gasteiger partial charge in [-0.15, -0.1) is 0 Å². The van der Waals surface area contributed by atoms with Gasteiger partial charge in [0.2, 0.25) is 0 Å². The quantitative estimate of drug-likeness (QED) is 0.292. The highest BCUT2D eigenvalue weighted by Gasteiger charge is 2.27. The maximum absolute atomic E-state index is 12.3. The lowest BCUT2D eigenvalue weighted by Crippen LogP contribution is -2.36. The number of ether oxygens (including phenoxy) is 3. The summed E-state index contributed by atoms with van der Waals surface area (Å²) in [5, 5.41) is 8.93. The summed E-state index contributed by atoms with van der Waals surface area (Å²) in [7, 11) is 2.10. The predicted molar refractivity (Wildman–Crippen MR) is 126 cm³/mol. The molecule has 1 unspecified atom stereocenters. The van der Waals surface area contributed by atoms with E-state index in [1.807, 2.05) is 0 Å². The number of nitrogens with zero attached hydrogens (tertiary/aromatic N) is 5. The van der Waals surface area contributed by atoms with Crippen LogP contribution in [0.5, 0.6) is 0 Å². The summed E-state index contributed by atoms with van der Waals surface area (Å²) in [6.45, 7) is 10.4. The largest absolute Gasteiger partial charge is 0.479 e. The van der Waals surface area contributed by atoms with Crippen LogP contribution in [0.4, 0.5) is 5.82 Å². The molecule has 2 aromatic heterocycles. The van der Waals surface area contributed by atoms with E-state index in [0.717, 1.165) is 0 Å². The van der Waals surface area contributed by atoms with Crippen molar-refractivity contribution in [2.45, 2.75) is 53.9 Å². The molecule has 0 aliphatic heterocycles. The van der Waals surface area contributed by atoms with Gasteiger partial charge >= 0.3 is 17.9 Å². The zero-order valence-corrected chi connectivity index (χ0v) is 21.4. The molecule has 1 N–H and O–H groups in total. The van der Waals surface area contributed by atoms with Crippen LogP contribution < -0.4 is 4.90 Å². The molecule has 2 heterocycles. The number of imidazole rings is 1. The van der Waals surface area contributed by atoms with E-state index in [4.69, 9.17) is 19.3 Å². The number of hydrogen-bond acceptors (Lipinski definition) is 10. The van der Waals surface area contributed by atoms with Crippen LogP contribution in [0.3, 0.4) is 0 Å². The predicted octanol–water partition coefficient (Wildman–Crippen LogP) is 2.03. The molecular weight excluding hydrogens is 465 g/mol. The topological polar surface area (TPSA) is 146 Å². The second-order valence-corrected chi connectivity index (χ2v) is 10.2. The number of anilines is 1. The van der Waals surface area contributed by atoms with Crippen LogP contribution in [0, 0.1) is 10.8 Å². The van der Waals surface area contributed by atoms with Crippen molar-refractivity contribution in [3.05, 3.63) is 12.7 Å². The Morgan fingerprint density at radius 1 is 1.03 bits per heavy atom. The molecule has 0 spiro atoms. The Kier molecular flexibility index (Phi) is 8.90. The second kappa shape index (κ2) is 11.1. The Morgan fingerprint density at radius 3 is 2.09 bits per heavy atom. The first kappa shape index (κ1) is 27.4. The van der Waals surface area contributed by atoms with E-state index in [2.05, 4.69) is 24.2 Å². The molecule has 0 amide bonds. The van der Waals surface area contributed by atoms with E-state index in [9.17, 15) is 14.4 Å². The number of aromatic nitrogens is 4. The van der Waals surface area contributed by atoms with Gasteiger partial charge < -0.3 is 23.9 Å². The van der Waals surface area contributed by atoms with Crippen LogP contribution in [0.15, 0.2) is 12.7 Å². The molecule has 2 atom stereocenters.